The molecule has 192 valence electrons. The zero-order chi connectivity index (χ0) is 26.4. The van der Waals surface area contributed by atoms with Gasteiger partial charge < -0.3 is 19.4 Å². The van der Waals surface area contributed by atoms with Crippen LogP contribution < -0.4 is 9.80 Å². The maximum absolute atomic E-state index is 13.4. The molecule has 37 heavy (non-hydrogen) atoms. The van der Waals surface area contributed by atoms with Crippen LogP contribution in [0.4, 0.5) is 17.5 Å². The lowest BCUT2D eigenvalue weighted by Gasteiger charge is -2.48. The normalized spacial score (nSPS) is 23.6. The number of hydrogen-bond donors (Lipinski definition) is 0. The topological polar surface area (TPSA) is 122 Å². The molecule has 0 N–H and O–H groups in total. The number of hydrogen-bond acceptors (Lipinski definition) is 9. The lowest BCUT2D eigenvalue weighted by atomic mass is 9.66. The van der Waals surface area contributed by atoms with Gasteiger partial charge in [-0.05, 0) is 45.7 Å². The third-order valence-electron chi connectivity index (χ3n) is 8.19. The van der Waals surface area contributed by atoms with E-state index in [1.807, 2.05) is 17.9 Å². The van der Waals surface area contributed by atoms with Crippen molar-refractivity contribution in [2.24, 2.45) is 5.41 Å². The molecular weight excluding hydrogens is 468 g/mol. The van der Waals surface area contributed by atoms with Gasteiger partial charge in [-0.1, -0.05) is 6.42 Å². The van der Waals surface area contributed by atoms with Crippen molar-refractivity contribution in [3.05, 3.63) is 35.8 Å². The van der Waals surface area contributed by atoms with Gasteiger partial charge in [-0.2, -0.15) is 10.5 Å². The van der Waals surface area contributed by atoms with Crippen molar-refractivity contribution in [1.29, 1.82) is 10.5 Å². The number of carbonyl (C=O) groups excluding carboxylic acids is 1. The van der Waals surface area contributed by atoms with Crippen LogP contribution in [0.2, 0.25) is 0 Å². The molecule has 2 aromatic rings. The summed E-state index contributed by atoms with van der Waals surface area (Å²) in [5.74, 6) is 2.28. The molecule has 1 unspecified atom stereocenters. The fourth-order valence-corrected chi connectivity index (χ4v) is 6.01. The highest BCUT2D eigenvalue weighted by Crippen LogP contribution is 2.56. The number of fused-ring (bicyclic) bond motifs is 2. The minimum Gasteiger partial charge on any atom is -0.382 e. The molecule has 10 heteroatoms. The zero-order valence-electron chi connectivity index (χ0n) is 21.8. The summed E-state index contributed by atoms with van der Waals surface area (Å²) in [5.41, 5.74) is 0.439. The SMILES string of the molecule is COCC(C)(C#N)C(=O)N1C[C@H](C)N(c2ncnc3c2C2(CCC2)CN3c2cc(C#N)ccn2)C[C@H]1C. The predicted molar refractivity (Wildman–Crippen MR) is 137 cm³/mol. The Labute approximate surface area is 217 Å². The highest BCUT2D eigenvalue weighted by atomic mass is 16.5. The molecule has 4 heterocycles. The monoisotopic (exact) mass is 500 g/mol. The smallest absolute Gasteiger partial charge is 0.245 e. The summed E-state index contributed by atoms with van der Waals surface area (Å²) in [7, 11) is 1.51. The van der Waals surface area contributed by atoms with E-state index in [2.05, 4.69) is 33.8 Å². The number of ether oxygens (including phenoxy) is 1. The van der Waals surface area contributed by atoms with Crippen molar-refractivity contribution >= 4 is 23.4 Å². The van der Waals surface area contributed by atoms with Gasteiger partial charge >= 0.3 is 0 Å². The van der Waals surface area contributed by atoms with Crippen LogP contribution in [0.3, 0.4) is 0 Å². The van der Waals surface area contributed by atoms with Crippen molar-refractivity contribution in [3.63, 3.8) is 0 Å². The molecule has 1 saturated heterocycles. The number of nitriles is 2. The van der Waals surface area contributed by atoms with Crippen molar-refractivity contribution in [2.75, 3.05) is 43.2 Å². The first kappa shape index (κ1) is 24.9. The van der Waals surface area contributed by atoms with Gasteiger partial charge in [-0.25, -0.2) is 15.0 Å². The van der Waals surface area contributed by atoms with Crippen LogP contribution in [-0.2, 0) is 14.9 Å². The number of rotatable bonds is 5. The summed E-state index contributed by atoms with van der Waals surface area (Å²) >= 11 is 0. The molecule has 10 nitrogen and oxygen atoms in total. The Bertz CT molecular complexity index is 1300. The van der Waals surface area contributed by atoms with Crippen LogP contribution in [0.25, 0.3) is 0 Å². The molecule has 2 aliphatic heterocycles. The molecule has 1 amide bonds. The largest absolute Gasteiger partial charge is 0.382 e. The molecule has 3 atom stereocenters. The summed E-state index contributed by atoms with van der Waals surface area (Å²) in [6.45, 7) is 7.66. The second kappa shape index (κ2) is 9.28. The van der Waals surface area contributed by atoms with Crippen LogP contribution in [0.1, 0.15) is 51.2 Å². The van der Waals surface area contributed by atoms with E-state index in [0.29, 0.717) is 18.7 Å². The molecule has 1 saturated carbocycles. The van der Waals surface area contributed by atoms with Gasteiger partial charge in [0.05, 0.1) is 24.3 Å². The van der Waals surface area contributed by atoms with Crippen molar-refractivity contribution in [3.8, 4) is 12.1 Å². The highest BCUT2D eigenvalue weighted by molar-refractivity contribution is 5.86. The number of aromatic nitrogens is 3. The van der Waals surface area contributed by atoms with Gasteiger partial charge in [0.15, 0.2) is 5.41 Å². The number of methoxy groups -OCH3 is 1. The molecule has 0 bridgehead atoms. The molecular formula is C27H32N8O2. The average molecular weight is 501 g/mol. The van der Waals surface area contributed by atoms with Gasteiger partial charge in [0.1, 0.15) is 23.8 Å². The molecule has 3 aliphatic rings. The third kappa shape index (κ3) is 3.96. The Morgan fingerprint density at radius 3 is 2.59 bits per heavy atom. The van der Waals surface area contributed by atoms with Crippen LogP contribution >= 0.6 is 0 Å². The molecule has 1 spiro atoms. The van der Waals surface area contributed by atoms with E-state index < -0.39 is 5.41 Å². The number of piperazine rings is 1. The molecule has 5 rings (SSSR count). The van der Waals surface area contributed by atoms with E-state index in [0.717, 1.165) is 48.8 Å². The van der Waals surface area contributed by atoms with Gasteiger partial charge in [0.25, 0.3) is 0 Å². The predicted octanol–water partition coefficient (Wildman–Crippen LogP) is 2.92. The first-order valence-corrected chi connectivity index (χ1v) is 12.7. The molecule has 0 radical (unpaired) electrons. The Balaban J connectivity index is 1.49. The van der Waals surface area contributed by atoms with Crippen LogP contribution in [0.5, 0.6) is 0 Å². The number of carbonyl (C=O) groups is 1. The minimum absolute atomic E-state index is 0.00384. The second-order valence-corrected chi connectivity index (χ2v) is 10.8. The van der Waals surface area contributed by atoms with Gasteiger partial charge in [0.2, 0.25) is 5.91 Å². The first-order valence-electron chi connectivity index (χ1n) is 12.7. The quantitative estimate of drug-likeness (QED) is 0.610. The minimum atomic E-state index is -1.22. The third-order valence-corrected chi connectivity index (χ3v) is 8.19. The maximum Gasteiger partial charge on any atom is 0.245 e. The van der Waals surface area contributed by atoms with Crippen LogP contribution in [0, 0.1) is 28.1 Å². The van der Waals surface area contributed by atoms with Crippen molar-refractivity contribution in [1.82, 2.24) is 19.9 Å². The van der Waals surface area contributed by atoms with Gasteiger partial charge in [-0.15, -0.1) is 0 Å². The zero-order valence-corrected chi connectivity index (χ0v) is 21.8. The fourth-order valence-electron chi connectivity index (χ4n) is 6.01. The Hall–Kier alpha value is -3.76. The first-order chi connectivity index (χ1) is 17.8. The number of nitrogens with zero attached hydrogens (tertiary/aromatic N) is 8. The van der Waals surface area contributed by atoms with E-state index in [4.69, 9.17) is 14.7 Å². The number of amides is 1. The van der Waals surface area contributed by atoms with E-state index in [-0.39, 0.29) is 30.0 Å². The Morgan fingerprint density at radius 1 is 1.19 bits per heavy atom. The molecule has 1 aliphatic carbocycles. The lowest BCUT2D eigenvalue weighted by molar-refractivity contribution is -0.143. The maximum atomic E-state index is 13.4. The van der Waals surface area contributed by atoms with Crippen molar-refractivity contribution in [2.45, 2.75) is 57.5 Å². The van der Waals surface area contributed by atoms with Crippen molar-refractivity contribution < 1.29 is 9.53 Å². The van der Waals surface area contributed by atoms with E-state index in [9.17, 15) is 15.3 Å². The summed E-state index contributed by atoms with van der Waals surface area (Å²) in [6, 6.07) is 7.77. The molecule has 2 fully saturated rings. The summed E-state index contributed by atoms with van der Waals surface area (Å²) in [5, 5.41) is 19.1. The lowest BCUT2D eigenvalue weighted by Crippen LogP contribution is -2.61. The highest BCUT2D eigenvalue weighted by Gasteiger charge is 2.52. The number of pyridine rings is 1. The average Bonchev–Trinajstić information content (AvgIpc) is 3.26. The van der Waals surface area contributed by atoms with Crippen LogP contribution in [0.15, 0.2) is 24.7 Å². The van der Waals surface area contributed by atoms with Gasteiger partial charge in [0, 0.05) is 56.0 Å². The summed E-state index contributed by atoms with van der Waals surface area (Å²) in [4.78, 5) is 33.7. The van der Waals surface area contributed by atoms with E-state index >= 15 is 0 Å². The van der Waals surface area contributed by atoms with Gasteiger partial charge in [-0.3, -0.25) is 4.79 Å². The van der Waals surface area contributed by atoms with Crippen LogP contribution in [-0.4, -0.2) is 71.2 Å². The van der Waals surface area contributed by atoms with E-state index in [1.165, 1.54) is 7.11 Å². The standard InChI is InChI=1S/C27H32N8O2/c1-18-13-34(25(36)26(3,14-29)16-37-4)19(2)12-33(18)23-22-24(32-17-31-23)35(15-27(22)7-5-8-27)21-10-20(11-28)6-9-30-21/h6,9-10,17-19H,5,7-8,12-13,15-16H2,1-4H3/t18-,19+,26?/m0/s1. The van der Waals surface area contributed by atoms with E-state index in [1.54, 1.807) is 25.5 Å². The summed E-state index contributed by atoms with van der Waals surface area (Å²) in [6.07, 6.45) is 6.52. The Morgan fingerprint density at radius 2 is 1.95 bits per heavy atom. The molecule has 2 aromatic heterocycles. The molecule has 0 aromatic carbocycles. The second-order valence-electron chi connectivity index (χ2n) is 10.8. The fraction of sp³-hybridized carbons (Fsp3) is 0.556. The summed E-state index contributed by atoms with van der Waals surface area (Å²) < 4.78 is 5.19. The number of anilines is 3. The Kier molecular flexibility index (Phi) is 6.25.